The molecule has 0 aliphatic rings. The summed E-state index contributed by atoms with van der Waals surface area (Å²) in [5.74, 6) is -0.238. The zero-order valence-corrected chi connectivity index (χ0v) is 24.3. The zero-order chi connectivity index (χ0) is 28.7. The van der Waals surface area contributed by atoms with Gasteiger partial charge in [0.2, 0.25) is 11.8 Å². The maximum atomic E-state index is 13.9. The van der Waals surface area contributed by atoms with Crippen molar-refractivity contribution < 1.29 is 22.7 Å². The van der Waals surface area contributed by atoms with Crippen LogP contribution in [0.4, 0.5) is 5.69 Å². The second-order valence-electron chi connectivity index (χ2n) is 9.46. The van der Waals surface area contributed by atoms with Crippen molar-refractivity contribution in [3.05, 3.63) is 88.9 Å². The summed E-state index contributed by atoms with van der Waals surface area (Å²) >= 11 is 6.25. The number of rotatable bonds is 11. The Kier molecular flexibility index (Phi) is 9.99. The second-order valence-corrected chi connectivity index (χ2v) is 11.8. The molecule has 3 aromatic carbocycles. The van der Waals surface area contributed by atoms with Crippen LogP contribution in [0, 0.1) is 6.92 Å². The number of sulfonamides is 1. The van der Waals surface area contributed by atoms with Crippen molar-refractivity contribution in [1.82, 2.24) is 10.2 Å². The minimum absolute atomic E-state index is 0.0319. The normalized spacial score (nSPS) is 12.1. The lowest BCUT2D eigenvalue weighted by Gasteiger charge is -2.32. The molecule has 0 spiro atoms. The number of nitrogens with one attached hydrogen (secondary N) is 1. The maximum Gasteiger partial charge on any atom is 0.264 e. The Morgan fingerprint density at radius 1 is 0.974 bits per heavy atom. The van der Waals surface area contributed by atoms with Gasteiger partial charge < -0.3 is 15.0 Å². The van der Waals surface area contributed by atoms with Crippen molar-refractivity contribution in [2.45, 2.75) is 51.2 Å². The molecule has 0 radical (unpaired) electrons. The van der Waals surface area contributed by atoms with E-state index < -0.39 is 28.5 Å². The van der Waals surface area contributed by atoms with Gasteiger partial charge in [-0.1, -0.05) is 48.0 Å². The number of carbonyl (C=O) groups is 2. The van der Waals surface area contributed by atoms with Crippen LogP contribution >= 0.6 is 11.6 Å². The van der Waals surface area contributed by atoms with E-state index in [0.717, 1.165) is 9.87 Å². The molecular formula is C29H34ClN3O5S. The third-order valence-corrected chi connectivity index (χ3v) is 8.17. The fourth-order valence-corrected chi connectivity index (χ4v) is 5.66. The van der Waals surface area contributed by atoms with Crippen LogP contribution in [-0.2, 0) is 26.2 Å². The molecule has 0 saturated carbocycles. The highest BCUT2D eigenvalue weighted by Crippen LogP contribution is 2.30. The first kappa shape index (κ1) is 30.0. The van der Waals surface area contributed by atoms with Crippen LogP contribution in [0.2, 0.25) is 5.02 Å². The number of ether oxygens (including phenoxy) is 1. The van der Waals surface area contributed by atoms with E-state index in [-0.39, 0.29) is 29.1 Å². The topological polar surface area (TPSA) is 96.0 Å². The smallest absolute Gasteiger partial charge is 0.264 e. The molecule has 2 amide bonds. The van der Waals surface area contributed by atoms with Crippen LogP contribution in [0.5, 0.6) is 5.75 Å². The van der Waals surface area contributed by atoms with Crippen LogP contribution in [0.25, 0.3) is 0 Å². The number of methoxy groups -OCH3 is 1. The number of anilines is 1. The molecule has 0 fully saturated rings. The molecule has 0 aliphatic carbocycles. The van der Waals surface area contributed by atoms with Crippen LogP contribution in [-0.4, -0.2) is 50.9 Å². The van der Waals surface area contributed by atoms with Crippen LogP contribution in [0.3, 0.4) is 0 Å². The van der Waals surface area contributed by atoms with Gasteiger partial charge in [0.1, 0.15) is 18.3 Å². The Balaban J connectivity index is 2.05. The Hall–Kier alpha value is -3.56. The SMILES string of the molecule is COc1ccc(CN(C(=O)CN(c2cc(Cl)ccc2C)S(=O)(=O)c2ccccc2)[C@@H](C)C(=O)NC(C)C)cc1. The minimum Gasteiger partial charge on any atom is -0.497 e. The van der Waals surface area contributed by atoms with Gasteiger partial charge in [-0.2, -0.15) is 0 Å². The molecule has 3 aromatic rings. The molecule has 208 valence electrons. The molecule has 0 heterocycles. The van der Waals surface area contributed by atoms with Gasteiger partial charge in [-0.05, 0) is 75.2 Å². The van der Waals surface area contributed by atoms with Crippen molar-refractivity contribution in [3.63, 3.8) is 0 Å². The third-order valence-electron chi connectivity index (χ3n) is 6.16. The molecule has 3 rings (SSSR count). The van der Waals surface area contributed by atoms with E-state index in [1.54, 1.807) is 75.6 Å². The van der Waals surface area contributed by atoms with Crippen LogP contribution in [0.15, 0.2) is 77.7 Å². The van der Waals surface area contributed by atoms with Gasteiger partial charge in [-0.3, -0.25) is 13.9 Å². The molecule has 39 heavy (non-hydrogen) atoms. The average Bonchev–Trinajstić information content (AvgIpc) is 2.91. The number of hydrogen-bond donors (Lipinski definition) is 1. The van der Waals surface area contributed by atoms with Crippen LogP contribution < -0.4 is 14.4 Å². The van der Waals surface area contributed by atoms with Crippen molar-refractivity contribution >= 4 is 39.1 Å². The largest absolute Gasteiger partial charge is 0.497 e. The summed E-state index contributed by atoms with van der Waals surface area (Å²) < 4.78 is 34.0. The van der Waals surface area contributed by atoms with Crippen LogP contribution in [0.1, 0.15) is 31.9 Å². The van der Waals surface area contributed by atoms with Gasteiger partial charge in [0.05, 0.1) is 17.7 Å². The average molecular weight is 572 g/mol. The second kappa shape index (κ2) is 13.0. The number of aryl methyl sites for hydroxylation is 1. The Bertz CT molecular complexity index is 1400. The van der Waals surface area contributed by atoms with E-state index >= 15 is 0 Å². The van der Waals surface area contributed by atoms with Gasteiger partial charge in [0, 0.05) is 17.6 Å². The van der Waals surface area contributed by atoms with E-state index in [0.29, 0.717) is 16.3 Å². The van der Waals surface area contributed by atoms with E-state index in [2.05, 4.69) is 5.32 Å². The fraction of sp³-hybridized carbons (Fsp3) is 0.310. The lowest BCUT2D eigenvalue weighted by atomic mass is 10.1. The van der Waals surface area contributed by atoms with Gasteiger partial charge >= 0.3 is 0 Å². The Labute approximate surface area is 235 Å². The predicted octanol–water partition coefficient (Wildman–Crippen LogP) is 4.79. The number of halogens is 1. The number of benzene rings is 3. The van der Waals surface area contributed by atoms with Crippen molar-refractivity contribution in [2.24, 2.45) is 0 Å². The molecular weight excluding hydrogens is 538 g/mol. The number of carbonyl (C=O) groups excluding carboxylic acids is 2. The molecule has 0 unspecified atom stereocenters. The summed E-state index contributed by atoms with van der Waals surface area (Å²) in [4.78, 5) is 28.3. The molecule has 0 bridgehead atoms. The lowest BCUT2D eigenvalue weighted by molar-refractivity contribution is -0.139. The first-order valence-electron chi connectivity index (χ1n) is 12.5. The molecule has 0 aromatic heterocycles. The summed E-state index contributed by atoms with van der Waals surface area (Å²) in [6, 6.07) is 18.9. The molecule has 10 heteroatoms. The standard InChI is InChI=1S/C29H34ClN3O5S/c1-20(2)31-29(35)22(4)32(18-23-12-15-25(38-5)16-13-23)28(34)19-33(27-17-24(30)14-11-21(27)3)39(36,37)26-9-7-6-8-10-26/h6-17,20,22H,18-19H2,1-5H3,(H,31,35)/t22-/m0/s1. The summed E-state index contributed by atoms with van der Waals surface area (Å²) in [7, 11) is -2.60. The van der Waals surface area contributed by atoms with Gasteiger partial charge in [-0.25, -0.2) is 8.42 Å². The van der Waals surface area contributed by atoms with E-state index in [9.17, 15) is 18.0 Å². The molecule has 1 N–H and O–H groups in total. The summed E-state index contributed by atoms with van der Waals surface area (Å²) in [6.45, 7) is 6.58. The monoisotopic (exact) mass is 571 g/mol. The van der Waals surface area contributed by atoms with Gasteiger partial charge in [0.25, 0.3) is 10.0 Å². The molecule has 1 atom stereocenters. The Morgan fingerprint density at radius 3 is 2.21 bits per heavy atom. The number of hydrogen-bond acceptors (Lipinski definition) is 5. The fourth-order valence-electron chi connectivity index (χ4n) is 4.00. The zero-order valence-electron chi connectivity index (χ0n) is 22.7. The first-order chi connectivity index (χ1) is 18.4. The highest BCUT2D eigenvalue weighted by molar-refractivity contribution is 7.92. The van der Waals surface area contributed by atoms with Crippen molar-refractivity contribution in [2.75, 3.05) is 18.0 Å². The van der Waals surface area contributed by atoms with Gasteiger partial charge in [-0.15, -0.1) is 0 Å². The summed E-state index contributed by atoms with van der Waals surface area (Å²) in [5.41, 5.74) is 1.66. The van der Waals surface area contributed by atoms with Crippen molar-refractivity contribution in [3.8, 4) is 5.75 Å². The van der Waals surface area contributed by atoms with Crippen molar-refractivity contribution in [1.29, 1.82) is 0 Å². The molecule has 0 aliphatic heterocycles. The number of amides is 2. The van der Waals surface area contributed by atoms with E-state index in [1.807, 2.05) is 13.8 Å². The molecule has 0 saturated heterocycles. The Morgan fingerprint density at radius 2 is 1.62 bits per heavy atom. The van der Waals surface area contributed by atoms with Gasteiger partial charge in [0.15, 0.2) is 0 Å². The maximum absolute atomic E-state index is 13.9. The number of nitrogens with zero attached hydrogens (tertiary/aromatic N) is 2. The molecule has 8 nitrogen and oxygen atoms in total. The highest BCUT2D eigenvalue weighted by atomic mass is 35.5. The third kappa shape index (κ3) is 7.52. The quantitative estimate of drug-likeness (QED) is 0.357. The lowest BCUT2D eigenvalue weighted by Crippen LogP contribution is -2.52. The first-order valence-corrected chi connectivity index (χ1v) is 14.3. The predicted molar refractivity (Wildman–Crippen MR) is 153 cm³/mol. The highest BCUT2D eigenvalue weighted by Gasteiger charge is 2.33. The van der Waals surface area contributed by atoms with E-state index in [4.69, 9.17) is 16.3 Å². The van der Waals surface area contributed by atoms with E-state index in [1.165, 1.54) is 23.1 Å². The minimum atomic E-state index is -4.16. The summed E-state index contributed by atoms with van der Waals surface area (Å²) in [5, 5.41) is 3.17. The summed E-state index contributed by atoms with van der Waals surface area (Å²) in [6.07, 6.45) is 0.